The lowest BCUT2D eigenvalue weighted by molar-refractivity contribution is -0.302. The third-order valence-electron chi connectivity index (χ3n) is 21.7. The largest absolute Gasteiger partial charge is 0.394 e. The van der Waals surface area contributed by atoms with Crippen molar-refractivity contribution in [2.45, 2.75) is 532 Å². The van der Waals surface area contributed by atoms with Gasteiger partial charge >= 0.3 is 0 Å². The van der Waals surface area contributed by atoms with Crippen molar-refractivity contribution in [3.8, 4) is 0 Å². The SMILES string of the molecule is CCCCCCCCCCCCCCCCCCCCCCCCCCCCCCCCCCCCCCCCCC(=O)NC(COC1OC(CO)C(O)C(O)C1O)C(O)CCCCCCCCCCCCCCCCCCCCCCCCCCCCCCCCCCC. The highest BCUT2D eigenvalue weighted by atomic mass is 16.7. The predicted octanol–water partition coefficient (Wildman–Crippen LogP) is 25.6. The molecule has 1 aliphatic heterocycles. The minimum absolute atomic E-state index is 0.130. The Hall–Kier alpha value is -0.810. The summed E-state index contributed by atoms with van der Waals surface area (Å²) in [6.07, 6.45) is 92.6. The second-order valence-electron chi connectivity index (χ2n) is 31.1. The standard InChI is InChI=1S/C86H171NO8/c1-3-5-7-9-11-13-15-17-19-21-23-25-27-29-31-33-35-37-38-39-40-41-42-44-46-48-50-52-54-56-58-60-62-64-66-68-70-72-74-76-82(90)87-79(78-94-86-85(93)84(92)83(91)81(77-88)95-86)80(89)75-73-71-69-67-65-63-61-59-57-55-53-51-49-47-45-43-36-34-32-30-28-26-24-22-20-18-16-14-12-10-8-6-4-2/h79-81,83-86,88-89,91-93H,3-78H2,1-2H3,(H,87,90). The second kappa shape index (κ2) is 75.8. The monoisotopic (exact) mass is 1350 g/mol. The summed E-state index contributed by atoms with van der Waals surface area (Å²) in [6.45, 7) is 3.93. The number of carbonyl (C=O) groups excluding carboxylic acids is 1. The third-order valence-corrected chi connectivity index (χ3v) is 21.7. The van der Waals surface area contributed by atoms with E-state index in [0.29, 0.717) is 12.8 Å². The number of aliphatic hydroxyl groups is 5. The number of aliphatic hydroxyl groups excluding tert-OH is 5. The van der Waals surface area contributed by atoms with Crippen molar-refractivity contribution in [2.75, 3.05) is 13.2 Å². The summed E-state index contributed by atoms with van der Waals surface area (Å²) in [4.78, 5) is 13.2. The molecule has 7 unspecified atom stereocenters. The maximum atomic E-state index is 13.2. The van der Waals surface area contributed by atoms with E-state index in [4.69, 9.17) is 9.47 Å². The summed E-state index contributed by atoms with van der Waals surface area (Å²) in [7, 11) is 0. The Morgan fingerprint density at radius 3 is 0.747 bits per heavy atom. The van der Waals surface area contributed by atoms with E-state index in [9.17, 15) is 30.3 Å². The molecule has 0 aromatic heterocycles. The molecular formula is C86H171NO8. The summed E-state index contributed by atoms with van der Waals surface area (Å²) in [5, 5.41) is 55.2. The zero-order chi connectivity index (χ0) is 68.5. The lowest BCUT2D eigenvalue weighted by Crippen LogP contribution is -2.60. The van der Waals surface area contributed by atoms with Crippen LogP contribution in [0.4, 0.5) is 0 Å². The van der Waals surface area contributed by atoms with Gasteiger partial charge in [-0.2, -0.15) is 0 Å². The molecule has 1 rings (SSSR count). The van der Waals surface area contributed by atoms with Gasteiger partial charge in [-0.1, -0.05) is 470 Å². The minimum Gasteiger partial charge on any atom is -0.394 e. The van der Waals surface area contributed by atoms with Crippen LogP contribution in [0.25, 0.3) is 0 Å². The zero-order valence-corrected chi connectivity index (χ0v) is 64.2. The van der Waals surface area contributed by atoms with Gasteiger partial charge in [0.1, 0.15) is 24.4 Å². The first kappa shape index (κ1) is 92.2. The van der Waals surface area contributed by atoms with Crippen LogP contribution in [0.3, 0.4) is 0 Å². The van der Waals surface area contributed by atoms with E-state index >= 15 is 0 Å². The first-order chi connectivity index (χ1) is 46.8. The van der Waals surface area contributed by atoms with E-state index in [1.54, 1.807) is 0 Å². The van der Waals surface area contributed by atoms with Gasteiger partial charge in [-0.15, -0.1) is 0 Å². The number of nitrogens with one attached hydrogen (secondary N) is 1. The fraction of sp³-hybridized carbons (Fsp3) is 0.988. The quantitative estimate of drug-likeness (QED) is 0.0330. The summed E-state index contributed by atoms with van der Waals surface area (Å²) >= 11 is 0. The van der Waals surface area contributed by atoms with Crippen LogP contribution in [0.2, 0.25) is 0 Å². The summed E-state index contributed by atoms with van der Waals surface area (Å²) in [6, 6.07) is -0.717. The lowest BCUT2D eigenvalue weighted by atomic mass is 9.99. The topological polar surface area (TPSA) is 149 Å². The number of rotatable bonds is 80. The molecule has 6 N–H and O–H groups in total. The van der Waals surface area contributed by atoms with Crippen LogP contribution < -0.4 is 5.32 Å². The van der Waals surface area contributed by atoms with Crippen molar-refractivity contribution in [3.05, 3.63) is 0 Å². The highest BCUT2D eigenvalue weighted by Crippen LogP contribution is 2.25. The van der Waals surface area contributed by atoms with E-state index in [-0.39, 0.29) is 12.5 Å². The number of ether oxygens (including phenoxy) is 2. The molecule has 1 fully saturated rings. The molecule has 95 heavy (non-hydrogen) atoms. The molecule has 1 heterocycles. The summed E-state index contributed by atoms with van der Waals surface area (Å²) in [5.41, 5.74) is 0. The second-order valence-corrected chi connectivity index (χ2v) is 31.1. The number of amides is 1. The van der Waals surface area contributed by atoms with E-state index < -0.39 is 49.5 Å². The van der Waals surface area contributed by atoms with Crippen LogP contribution in [-0.2, 0) is 14.3 Å². The lowest BCUT2D eigenvalue weighted by Gasteiger charge is -2.40. The molecule has 0 aliphatic carbocycles. The van der Waals surface area contributed by atoms with Crippen LogP contribution >= 0.6 is 0 Å². The first-order valence-corrected chi connectivity index (χ1v) is 43.7. The maximum Gasteiger partial charge on any atom is 0.220 e. The van der Waals surface area contributed by atoms with Crippen molar-refractivity contribution >= 4 is 5.91 Å². The van der Waals surface area contributed by atoms with E-state index in [2.05, 4.69) is 19.2 Å². The zero-order valence-electron chi connectivity index (χ0n) is 64.2. The molecular weight excluding hydrogens is 1170 g/mol. The van der Waals surface area contributed by atoms with Crippen molar-refractivity contribution in [3.63, 3.8) is 0 Å². The number of hydrogen-bond acceptors (Lipinski definition) is 8. The van der Waals surface area contributed by atoms with E-state index in [1.165, 1.54) is 424 Å². The maximum absolute atomic E-state index is 13.2. The fourth-order valence-corrected chi connectivity index (χ4v) is 14.9. The number of unbranched alkanes of at least 4 members (excludes halogenated alkanes) is 70. The summed E-state index contributed by atoms with van der Waals surface area (Å²) < 4.78 is 11.4. The van der Waals surface area contributed by atoms with Crippen molar-refractivity contribution in [1.29, 1.82) is 0 Å². The Labute approximate surface area is 593 Å². The van der Waals surface area contributed by atoms with E-state index in [1.807, 2.05) is 0 Å². The molecule has 0 bridgehead atoms. The first-order valence-electron chi connectivity index (χ1n) is 43.7. The van der Waals surface area contributed by atoms with Gasteiger partial charge in [0.2, 0.25) is 5.91 Å². The molecule has 9 nitrogen and oxygen atoms in total. The Balaban J connectivity index is 2.00. The van der Waals surface area contributed by atoms with Gasteiger partial charge in [0.25, 0.3) is 0 Å². The van der Waals surface area contributed by atoms with Crippen molar-refractivity contribution in [1.82, 2.24) is 5.32 Å². The Morgan fingerprint density at radius 2 is 0.526 bits per heavy atom. The van der Waals surface area contributed by atoms with Crippen molar-refractivity contribution in [2.24, 2.45) is 0 Å². The van der Waals surface area contributed by atoms with Gasteiger partial charge in [-0.3, -0.25) is 4.79 Å². The molecule has 0 radical (unpaired) electrons. The van der Waals surface area contributed by atoms with Gasteiger partial charge in [-0.05, 0) is 12.8 Å². The minimum atomic E-state index is -1.55. The Morgan fingerprint density at radius 1 is 0.316 bits per heavy atom. The number of hydrogen-bond donors (Lipinski definition) is 6. The smallest absolute Gasteiger partial charge is 0.220 e. The molecule has 9 heteroatoms. The van der Waals surface area contributed by atoms with Gasteiger partial charge in [-0.25, -0.2) is 0 Å². The average Bonchev–Trinajstić information content (AvgIpc) is 0.836. The fourth-order valence-electron chi connectivity index (χ4n) is 14.9. The molecule has 1 amide bonds. The molecule has 7 atom stereocenters. The van der Waals surface area contributed by atoms with Crippen LogP contribution in [0.5, 0.6) is 0 Å². The molecule has 0 aromatic carbocycles. The number of carbonyl (C=O) groups is 1. The van der Waals surface area contributed by atoms with Gasteiger partial charge in [0, 0.05) is 6.42 Å². The van der Waals surface area contributed by atoms with Crippen LogP contribution in [0, 0.1) is 0 Å². The third kappa shape index (κ3) is 63.8. The molecule has 0 saturated carbocycles. The highest BCUT2D eigenvalue weighted by molar-refractivity contribution is 5.76. The highest BCUT2D eigenvalue weighted by Gasteiger charge is 2.44. The molecule has 0 aromatic rings. The van der Waals surface area contributed by atoms with Crippen LogP contribution in [0.15, 0.2) is 0 Å². The van der Waals surface area contributed by atoms with Crippen LogP contribution in [-0.4, -0.2) is 87.5 Å². The Bertz CT molecular complexity index is 1470. The molecule has 1 aliphatic rings. The molecule has 1 saturated heterocycles. The normalized spacial score (nSPS) is 17.3. The Kier molecular flexibility index (Phi) is 73.6. The van der Waals surface area contributed by atoms with Crippen LogP contribution in [0.1, 0.15) is 489 Å². The van der Waals surface area contributed by atoms with Gasteiger partial charge < -0.3 is 40.3 Å². The van der Waals surface area contributed by atoms with Gasteiger partial charge in [0.15, 0.2) is 6.29 Å². The molecule has 0 spiro atoms. The van der Waals surface area contributed by atoms with Gasteiger partial charge in [0.05, 0.1) is 25.4 Å². The molecule has 568 valence electrons. The average molecular weight is 1350 g/mol. The van der Waals surface area contributed by atoms with E-state index in [0.717, 1.165) is 38.5 Å². The predicted molar refractivity (Wildman–Crippen MR) is 411 cm³/mol. The summed E-state index contributed by atoms with van der Waals surface area (Å²) in [5.74, 6) is -0.130. The van der Waals surface area contributed by atoms with Crippen molar-refractivity contribution < 1.29 is 39.8 Å².